The SMILES string of the molecule is CCOc1cc(/C=N\NC(=O)C(=O)NCCCOC)ccc1OCC(=O)NCc1ccccc1. The van der Waals surface area contributed by atoms with Crippen LogP contribution in [0.3, 0.4) is 0 Å². The number of rotatable bonds is 13. The van der Waals surface area contributed by atoms with Crippen molar-refractivity contribution in [1.29, 1.82) is 0 Å². The Balaban J connectivity index is 1.85. The molecule has 2 aromatic rings. The monoisotopic (exact) mass is 470 g/mol. The number of benzene rings is 2. The summed E-state index contributed by atoms with van der Waals surface area (Å²) in [4.78, 5) is 35.5. The van der Waals surface area contributed by atoms with E-state index in [0.717, 1.165) is 5.56 Å². The molecular weight excluding hydrogens is 440 g/mol. The molecule has 0 unspecified atom stereocenters. The van der Waals surface area contributed by atoms with Crippen LogP contribution in [0.5, 0.6) is 11.5 Å². The van der Waals surface area contributed by atoms with Gasteiger partial charge in [0.05, 0.1) is 12.8 Å². The van der Waals surface area contributed by atoms with E-state index in [0.29, 0.717) is 49.8 Å². The Hall–Kier alpha value is -3.92. The molecule has 3 amide bonds. The van der Waals surface area contributed by atoms with E-state index in [1.807, 2.05) is 37.3 Å². The molecule has 0 radical (unpaired) electrons. The zero-order valence-electron chi connectivity index (χ0n) is 19.3. The summed E-state index contributed by atoms with van der Waals surface area (Å²) in [6.07, 6.45) is 1.97. The zero-order chi connectivity index (χ0) is 24.6. The number of nitrogens with one attached hydrogen (secondary N) is 3. The molecule has 0 aliphatic carbocycles. The van der Waals surface area contributed by atoms with Crippen molar-refractivity contribution in [3.05, 3.63) is 59.7 Å². The molecule has 0 heterocycles. The number of hydrogen-bond donors (Lipinski definition) is 3. The van der Waals surface area contributed by atoms with Gasteiger partial charge in [-0.2, -0.15) is 5.10 Å². The van der Waals surface area contributed by atoms with Crippen molar-refractivity contribution in [2.45, 2.75) is 19.9 Å². The molecule has 10 heteroatoms. The predicted octanol–water partition coefficient (Wildman–Crippen LogP) is 1.38. The number of ether oxygens (including phenoxy) is 3. The van der Waals surface area contributed by atoms with Gasteiger partial charge in [-0.3, -0.25) is 14.4 Å². The van der Waals surface area contributed by atoms with E-state index in [2.05, 4.69) is 21.2 Å². The van der Waals surface area contributed by atoms with Gasteiger partial charge in [0, 0.05) is 26.8 Å². The van der Waals surface area contributed by atoms with E-state index in [-0.39, 0.29) is 12.5 Å². The molecule has 10 nitrogen and oxygen atoms in total. The zero-order valence-corrected chi connectivity index (χ0v) is 19.3. The maximum absolute atomic E-state index is 12.1. The first kappa shape index (κ1) is 26.3. The molecule has 0 aromatic heterocycles. The highest BCUT2D eigenvalue weighted by atomic mass is 16.5. The van der Waals surface area contributed by atoms with Crippen LogP contribution in [0.4, 0.5) is 0 Å². The summed E-state index contributed by atoms with van der Waals surface area (Å²) in [6, 6.07) is 14.5. The molecule has 0 fully saturated rings. The third-order valence-electron chi connectivity index (χ3n) is 4.36. The summed E-state index contributed by atoms with van der Waals surface area (Å²) in [6.45, 7) is 3.26. The van der Waals surface area contributed by atoms with Crippen LogP contribution in [-0.4, -0.2) is 57.4 Å². The second-order valence-corrected chi connectivity index (χ2v) is 6.99. The van der Waals surface area contributed by atoms with Gasteiger partial charge >= 0.3 is 11.8 Å². The second-order valence-electron chi connectivity index (χ2n) is 6.99. The van der Waals surface area contributed by atoms with Crippen LogP contribution in [0.1, 0.15) is 24.5 Å². The van der Waals surface area contributed by atoms with Gasteiger partial charge in [0.2, 0.25) is 0 Å². The molecule has 34 heavy (non-hydrogen) atoms. The number of hydrazone groups is 1. The van der Waals surface area contributed by atoms with E-state index in [9.17, 15) is 14.4 Å². The smallest absolute Gasteiger partial charge is 0.329 e. The Morgan fingerprint density at radius 2 is 1.76 bits per heavy atom. The Bertz CT molecular complexity index is 965. The molecule has 0 saturated heterocycles. The van der Waals surface area contributed by atoms with Gasteiger partial charge in [-0.25, -0.2) is 5.43 Å². The maximum atomic E-state index is 12.1. The molecule has 0 atom stereocenters. The molecule has 182 valence electrons. The lowest BCUT2D eigenvalue weighted by Gasteiger charge is -2.12. The van der Waals surface area contributed by atoms with Crippen molar-refractivity contribution in [2.75, 3.05) is 33.5 Å². The van der Waals surface area contributed by atoms with Gasteiger partial charge in [-0.15, -0.1) is 0 Å². The maximum Gasteiger partial charge on any atom is 0.329 e. The lowest BCUT2D eigenvalue weighted by atomic mass is 10.2. The molecule has 2 aromatic carbocycles. The molecule has 0 aliphatic heterocycles. The van der Waals surface area contributed by atoms with Crippen molar-refractivity contribution in [2.24, 2.45) is 5.10 Å². The number of nitrogens with zero attached hydrogens (tertiary/aromatic N) is 1. The quantitative estimate of drug-likeness (QED) is 0.176. The van der Waals surface area contributed by atoms with Crippen LogP contribution in [0.2, 0.25) is 0 Å². The number of carbonyl (C=O) groups is 3. The first-order valence-corrected chi connectivity index (χ1v) is 10.8. The molecule has 0 saturated carbocycles. The Kier molecular flexibility index (Phi) is 11.6. The van der Waals surface area contributed by atoms with Gasteiger partial charge in [-0.05, 0) is 42.7 Å². The van der Waals surface area contributed by atoms with Crippen molar-refractivity contribution < 1.29 is 28.6 Å². The third-order valence-corrected chi connectivity index (χ3v) is 4.36. The fourth-order valence-electron chi connectivity index (χ4n) is 2.70. The highest BCUT2D eigenvalue weighted by molar-refractivity contribution is 6.35. The molecular formula is C24H30N4O6. The number of methoxy groups -OCH3 is 1. The average Bonchev–Trinajstić information content (AvgIpc) is 2.85. The highest BCUT2D eigenvalue weighted by Crippen LogP contribution is 2.28. The lowest BCUT2D eigenvalue weighted by molar-refractivity contribution is -0.139. The summed E-state index contributed by atoms with van der Waals surface area (Å²) in [7, 11) is 1.56. The fraction of sp³-hybridized carbons (Fsp3) is 0.333. The molecule has 0 bridgehead atoms. The van der Waals surface area contributed by atoms with E-state index in [1.165, 1.54) is 6.21 Å². The van der Waals surface area contributed by atoms with E-state index < -0.39 is 11.8 Å². The highest BCUT2D eigenvalue weighted by Gasteiger charge is 2.12. The minimum atomic E-state index is -0.875. The van der Waals surface area contributed by atoms with Crippen molar-refractivity contribution >= 4 is 23.9 Å². The Morgan fingerprint density at radius 3 is 2.50 bits per heavy atom. The van der Waals surface area contributed by atoms with E-state index in [1.54, 1.807) is 25.3 Å². The number of hydrogen-bond acceptors (Lipinski definition) is 7. The minimum Gasteiger partial charge on any atom is -0.490 e. The third kappa shape index (κ3) is 9.70. The summed E-state index contributed by atoms with van der Waals surface area (Å²) >= 11 is 0. The lowest BCUT2D eigenvalue weighted by Crippen LogP contribution is -2.38. The van der Waals surface area contributed by atoms with Gasteiger partial charge in [-0.1, -0.05) is 30.3 Å². The number of amides is 3. The first-order chi connectivity index (χ1) is 16.5. The molecule has 3 N–H and O–H groups in total. The largest absolute Gasteiger partial charge is 0.490 e. The predicted molar refractivity (Wildman–Crippen MR) is 127 cm³/mol. The fourth-order valence-corrected chi connectivity index (χ4v) is 2.70. The first-order valence-electron chi connectivity index (χ1n) is 10.8. The molecule has 0 aliphatic rings. The van der Waals surface area contributed by atoms with Crippen molar-refractivity contribution in [3.8, 4) is 11.5 Å². The van der Waals surface area contributed by atoms with Crippen LogP contribution < -0.4 is 25.5 Å². The van der Waals surface area contributed by atoms with Gasteiger partial charge in [0.25, 0.3) is 5.91 Å². The van der Waals surface area contributed by atoms with Crippen LogP contribution in [0.15, 0.2) is 53.6 Å². The van der Waals surface area contributed by atoms with Crippen LogP contribution in [0.25, 0.3) is 0 Å². The topological polar surface area (TPSA) is 127 Å². The van der Waals surface area contributed by atoms with Crippen molar-refractivity contribution in [3.63, 3.8) is 0 Å². The van der Waals surface area contributed by atoms with Crippen LogP contribution in [0, 0.1) is 0 Å². The second kappa shape index (κ2) is 15.0. The summed E-state index contributed by atoms with van der Waals surface area (Å²) in [5.41, 5.74) is 3.76. The van der Waals surface area contributed by atoms with Gasteiger partial charge in [0.1, 0.15) is 0 Å². The van der Waals surface area contributed by atoms with Crippen molar-refractivity contribution in [1.82, 2.24) is 16.1 Å². The average molecular weight is 471 g/mol. The normalized spacial score (nSPS) is 10.5. The summed E-state index contributed by atoms with van der Waals surface area (Å²) in [5.74, 6) is -1.10. The summed E-state index contributed by atoms with van der Waals surface area (Å²) in [5, 5.41) is 9.05. The standard InChI is InChI=1S/C24H30N4O6/c1-3-33-21-14-19(16-27-28-24(31)23(30)25-12-7-13-32-2)10-11-20(21)34-17-22(29)26-15-18-8-5-4-6-9-18/h4-6,8-11,14,16H,3,7,12-13,15,17H2,1-2H3,(H,25,30)(H,26,29)(H,28,31)/b27-16-. The summed E-state index contributed by atoms with van der Waals surface area (Å²) < 4.78 is 16.1. The number of carbonyl (C=O) groups excluding carboxylic acids is 3. The minimum absolute atomic E-state index is 0.171. The Labute approximate surface area is 198 Å². The van der Waals surface area contributed by atoms with Gasteiger partial charge < -0.3 is 24.8 Å². The van der Waals surface area contributed by atoms with E-state index >= 15 is 0 Å². The van der Waals surface area contributed by atoms with Crippen LogP contribution >= 0.6 is 0 Å². The van der Waals surface area contributed by atoms with E-state index in [4.69, 9.17) is 14.2 Å². The van der Waals surface area contributed by atoms with Crippen LogP contribution in [-0.2, 0) is 25.7 Å². The van der Waals surface area contributed by atoms with Gasteiger partial charge in [0.15, 0.2) is 18.1 Å². The molecule has 2 rings (SSSR count). The molecule has 0 spiro atoms. The Morgan fingerprint density at radius 1 is 0.971 bits per heavy atom.